The first-order chi connectivity index (χ1) is 26.7. The number of pyridine rings is 1. The second-order valence-electron chi connectivity index (χ2n) is 16.0. The predicted octanol–water partition coefficient (Wildman–Crippen LogP) is 8.92. The molecule has 0 spiro atoms. The number of piperidine rings is 1. The highest BCUT2D eigenvalue weighted by Gasteiger charge is 2.55. The van der Waals surface area contributed by atoms with Crippen molar-refractivity contribution in [1.82, 2.24) is 25.1 Å². The lowest BCUT2D eigenvalue weighted by molar-refractivity contribution is -0.137. The fourth-order valence-corrected chi connectivity index (χ4v) is 10.7. The monoisotopic (exact) mass is 778 g/mol. The topological polar surface area (TPSA) is 103 Å². The average molecular weight is 780 g/mol. The van der Waals surface area contributed by atoms with Crippen LogP contribution in [0.5, 0.6) is 0 Å². The van der Waals surface area contributed by atoms with Crippen LogP contribution in [0.15, 0.2) is 48.5 Å². The first kappa shape index (κ1) is 34.9. The van der Waals surface area contributed by atoms with Crippen LogP contribution in [0.1, 0.15) is 78.6 Å². The van der Waals surface area contributed by atoms with Gasteiger partial charge in [-0.1, -0.05) is 41.4 Å². The van der Waals surface area contributed by atoms with E-state index in [1.165, 1.54) is 19.2 Å². The number of amides is 2. The van der Waals surface area contributed by atoms with E-state index in [1.807, 2.05) is 6.07 Å². The van der Waals surface area contributed by atoms with Crippen molar-refractivity contribution in [2.24, 2.45) is 17.8 Å². The predicted molar refractivity (Wildman–Crippen MR) is 208 cm³/mol. The van der Waals surface area contributed by atoms with Crippen LogP contribution in [0, 0.1) is 40.7 Å². The van der Waals surface area contributed by atoms with Gasteiger partial charge in [-0.05, 0) is 92.7 Å². The minimum atomic E-state index is -0.721. The Morgan fingerprint density at radius 3 is 2.58 bits per heavy atom. The summed E-state index contributed by atoms with van der Waals surface area (Å²) in [4.78, 5) is 33.8. The lowest BCUT2D eigenvalue weighted by Gasteiger charge is -2.42. The fraction of sp³-hybridized carbons (Fsp3) is 0.395. The number of rotatable bonds is 8. The Hall–Kier alpha value is -4.56. The number of benzene rings is 3. The number of hydrogen-bond donors (Lipinski definition) is 2. The van der Waals surface area contributed by atoms with E-state index in [9.17, 15) is 14.9 Å². The molecule has 3 aromatic carbocycles. The molecule has 6 unspecified atom stereocenters. The van der Waals surface area contributed by atoms with Crippen molar-refractivity contribution in [3.8, 4) is 28.5 Å². The maximum absolute atomic E-state index is 17.7. The van der Waals surface area contributed by atoms with Gasteiger partial charge in [0, 0.05) is 71.2 Å². The molecule has 5 heterocycles. The molecule has 11 rings (SSSR count). The molecular weight excluding hydrogens is 741 g/mol. The molecule has 6 fully saturated rings. The Morgan fingerprint density at radius 1 is 1.04 bits per heavy atom. The summed E-state index contributed by atoms with van der Waals surface area (Å²) in [5.74, 6) is -0.976. The number of halogens is 4. The van der Waals surface area contributed by atoms with Crippen LogP contribution in [-0.2, 0) is 11.2 Å². The average Bonchev–Trinajstić information content (AvgIpc) is 3.60. The maximum Gasteiger partial charge on any atom is 0.253 e. The zero-order valence-corrected chi connectivity index (χ0v) is 31.7. The van der Waals surface area contributed by atoms with E-state index >= 15 is 8.78 Å². The highest BCUT2D eigenvalue weighted by atomic mass is 35.5. The van der Waals surface area contributed by atoms with Crippen molar-refractivity contribution in [2.45, 2.75) is 75.5 Å². The van der Waals surface area contributed by atoms with Gasteiger partial charge in [0.15, 0.2) is 5.82 Å². The minimum Gasteiger partial charge on any atom is -0.355 e. The molecule has 3 saturated carbocycles. The highest BCUT2D eigenvalue weighted by Crippen LogP contribution is 2.56. The van der Waals surface area contributed by atoms with Gasteiger partial charge in [-0.2, -0.15) is 5.26 Å². The lowest BCUT2D eigenvalue weighted by atomic mass is 9.79. The van der Waals surface area contributed by atoms with Gasteiger partial charge in [-0.15, -0.1) is 0 Å². The van der Waals surface area contributed by atoms with Gasteiger partial charge in [0.25, 0.3) is 5.91 Å². The zero-order chi connectivity index (χ0) is 37.9. The van der Waals surface area contributed by atoms with E-state index in [2.05, 4.69) is 32.2 Å². The molecule has 5 aromatic rings. The molecule has 6 atom stereocenters. The van der Waals surface area contributed by atoms with Gasteiger partial charge >= 0.3 is 0 Å². The molecule has 6 aliphatic rings. The quantitative estimate of drug-likeness (QED) is 0.164. The maximum atomic E-state index is 17.7. The molecular formula is C43H38Cl2F2N6O2. The van der Waals surface area contributed by atoms with E-state index in [1.54, 1.807) is 24.3 Å². The number of carbonyl (C=O) groups is 2. The van der Waals surface area contributed by atoms with E-state index in [-0.39, 0.29) is 81.4 Å². The number of likely N-dealkylation sites (tertiary alicyclic amines) is 1. The Kier molecular flexibility index (Phi) is 8.25. The second kappa shape index (κ2) is 13.0. The summed E-state index contributed by atoms with van der Waals surface area (Å²) in [6.07, 6.45) is 6.23. The molecule has 4 bridgehead atoms. The van der Waals surface area contributed by atoms with Gasteiger partial charge in [0.2, 0.25) is 5.91 Å². The Balaban J connectivity index is 1.31. The molecule has 3 saturated heterocycles. The molecule has 2 amide bonds. The van der Waals surface area contributed by atoms with Crippen molar-refractivity contribution in [2.75, 3.05) is 13.6 Å². The van der Waals surface area contributed by atoms with Crippen LogP contribution in [0.25, 0.3) is 44.2 Å². The van der Waals surface area contributed by atoms with Gasteiger partial charge in [-0.3, -0.25) is 9.59 Å². The van der Waals surface area contributed by atoms with E-state index in [4.69, 9.17) is 28.2 Å². The number of nitrogens with one attached hydrogen (secondary N) is 2. The van der Waals surface area contributed by atoms with E-state index < -0.39 is 17.5 Å². The van der Waals surface area contributed by atoms with Crippen LogP contribution in [0.2, 0.25) is 10.0 Å². The molecule has 3 aliphatic heterocycles. The standard InChI is InChI=1S/C43H38Cl2F2N6O2/c1-49-42(54)26-12-10-22(16-31(26)46)37-29-18-33(40-23-9-11-25(14-23)52(40)43(55)20-7-8-20)53(39-24-17-32(39)50-19-24)41(29)28-15-21(4-3-13-48)34(36(47)38(28)51-37)27-5-2-6-30(44)35(27)45/h2,5-6,10,12,15-16,18,20,23-25,32,39-40,50H,3-4,7-9,11,14,17,19H2,1H3,(H,49,54). The first-order valence-electron chi connectivity index (χ1n) is 19.3. The molecule has 2 aromatic heterocycles. The zero-order valence-electron chi connectivity index (χ0n) is 30.1. The SMILES string of the molecule is CNC(=O)c1ccc(-c2nc3c(F)c(-c4cccc(Cl)c4Cl)c(CCC#N)cc3c3c2cc(C2C4CCC(C4)N2C(=O)C2CC2)n3C2C3CNC2C3)cc1F. The highest BCUT2D eigenvalue weighted by molar-refractivity contribution is 6.43. The fourth-order valence-electron chi connectivity index (χ4n) is 10.3. The number of aromatic nitrogens is 2. The Morgan fingerprint density at radius 2 is 1.87 bits per heavy atom. The van der Waals surface area contributed by atoms with Gasteiger partial charge in [-0.25, -0.2) is 13.8 Å². The number of carbonyl (C=O) groups excluding carboxylic acids is 2. The first-order valence-corrected chi connectivity index (χ1v) is 20.0. The molecule has 0 radical (unpaired) electrons. The summed E-state index contributed by atoms with van der Waals surface area (Å²) in [6.45, 7) is 0.858. The van der Waals surface area contributed by atoms with Crippen molar-refractivity contribution < 1.29 is 18.4 Å². The summed E-state index contributed by atoms with van der Waals surface area (Å²) >= 11 is 13.2. The number of aryl methyl sites for hydroxylation is 1. The lowest BCUT2D eigenvalue weighted by Crippen LogP contribution is -2.44. The Bertz CT molecular complexity index is 2510. The molecule has 3 aliphatic carbocycles. The summed E-state index contributed by atoms with van der Waals surface area (Å²) < 4.78 is 35.9. The summed E-state index contributed by atoms with van der Waals surface area (Å²) in [7, 11) is 1.45. The summed E-state index contributed by atoms with van der Waals surface area (Å²) in [6, 6.07) is 16.0. The number of fused-ring (bicyclic) bond motifs is 6. The van der Waals surface area contributed by atoms with E-state index in [0.717, 1.165) is 61.7 Å². The molecule has 280 valence electrons. The van der Waals surface area contributed by atoms with Gasteiger partial charge < -0.3 is 20.1 Å². The number of nitriles is 1. The third-order valence-electron chi connectivity index (χ3n) is 13.0. The van der Waals surface area contributed by atoms with Gasteiger partial charge in [0.05, 0.1) is 45.0 Å². The molecule has 2 N–H and O–H groups in total. The van der Waals surface area contributed by atoms with Crippen LogP contribution in [-0.4, -0.2) is 51.9 Å². The second-order valence-corrected chi connectivity index (χ2v) is 16.8. The minimum absolute atomic E-state index is 0.0583. The molecule has 55 heavy (non-hydrogen) atoms. The van der Waals surface area contributed by atoms with E-state index in [0.29, 0.717) is 33.7 Å². The van der Waals surface area contributed by atoms with Crippen molar-refractivity contribution >= 4 is 56.8 Å². The summed E-state index contributed by atoms with van der Waals surface area (Å²) in [5.41, 5.74) is 3.73. The summed E-state index contributed by atoms with van der Waals surface area (Å²) in [5, 5.41) is 17.6. The van der Waals surface area contributed by atoms with Crippen molar-refractivity contribution in [3.05, 3.63) is 87.0 Å². The molecule has 12 heteroatoms. The Labute approximate surface area is 326 Å². The van der Waals surface area contributed by atoms with Gasteiger partial charge in [0.1, 0.15) is 11.3 Å². The third-order valence-corrected chi connectivity index (χ3v) is 13.8. The van der Waals surface area contributed by atoms with Crippen molar-refractivity contribution in [1.29, 1.82) is 5.26 Å². The largest absolute Gasteiger partial charge is 0.355 e. The van der Waals surface area contributed by atoms with Crippen LogP contribution < -0.4 is 10.6 Å². The number of hydrogen-bond acceptors (Lipinski definition) is 5. The van der Waals surface area contributed by atoms with Crippen LogP contribution in [0.3, 0.4) is 0 Å². The van der Waals surface area contributed by atoms with Crippen LogP contribution in [0.4, 0.5) is 8.78 Å². The normalized spacial score (nSPS) is 25.1. The molecule has 8 nitrogen and oxygen atoms in total. The smallest absolute Gasteiger partial charge is 0.253 e. The van der Waals surface area contributed by atoms with Crippen molar-refractivity contribution in [3.63, 3.8) is 0 Å². The van der Waals surface area contributed by atoms with Crippen LogP contribution >= 0.6 is 23.2 Å². The third kappa shape index (κ3) is 5.26. The number of nitrogens with zero attached hydrogens (tertiary/aromatic N) is 4.